The van der Waals surface area contributed by atoms with Gasteiger partial charge in [0.05, 0.1) is 12.3 Å². The van der Waals surface area contributed by atoms with Gasteiger partial charge < -0.3 is 4.74 Å². The summed E-state index contributed by atoms with van der Waals surface area (Å²) in [6, 6.07) is 24.2. The van der Waals surface area contributed by atoms with E-state index in [1.807, 2.05) is 54.6 Å². The Morgan fingerprint density at radius 2 is 1.62 bits per heavy atom. The Labute approximate surface area is 141 Å². The highest BCUT2D eigenvalue weighted by Crippen LogP contribution is 2.22. The fourth-order valence-corrected chi connectivity index (χ4v) is 2.71. The van der Waals surface area contributed by atoms with Gasteiger partial charge in [-0.1, -0.05) is 72.8 Å². The second-order valence-corrected chi connectivity index (χ2v) is 5.36. The van der Waals surface area contributed by atoms with E-state index in [-0.39, 0.29) is 12.5 Å². The summed E-state index contributed by atoms with van der Waals surface area (Å²) in [5, 5.41) is 2.27. The Balaban J connectivity index is 2.10. The largest absolute Gasteiger partial charge is 0.465 e. The van der Waals surface area contributed by atoms with Crippen LogP contribution in [0, 0.1) is 0 Å². The summed E-state index contributed by atoms with van der Waals surface area (Å²) in [5.41, 5.74) is 2.81. The van der Waals surface area contributed by atoms with Crippen LogP contribution >= 0.6 is 0 Å². The number of nitrogens with zero attached hydrogens (tertiary/aromatic N) is 1. The molecule has 24 heavy (non-hydrogen) atoms. The Hall–Kier alpha value is -2.94. The number of hydrogen-bond acceptors (Lipinski definition) is 3. The number of aliphatic imine (C=N–C) groups is 1. The third-order valence-electron chi connectivity index (χ3n) is 3.76. The summed E-state index contributed by atoms with van der Waals surface area (Å²) in [5.74, 6) is -0.314. The molecule has 0 aliphatic heterocycles. The van der Waals surface area contributed by atoms with Crippen LogP contribution in [0.15, 0.2) is 77.8 Å². The third kappa shape index (κ3) is 3.51. The predicted molar refractivity (Wildman–Crippen MR) is 97.5 cm³/mol. The number of hydrogen-bond donors (Lipinski definition) is 0. The first-order valence-corrected chi connectivity index (χ1v) is 8.03. The number of carbonyl (C=O) groups is 1. The van der Waals surface area contributed by atoms with E-state index in [1.165, 1.54) is 0 Å². The quantitative estimate of drug-likeness (QED) is 0.521. The molecule has 0 bridgehead atoms. The molecule has 0 fully saturated rings. The van der Waals surface area contributed by atoms with Crippen molar-refractivity contribution in [2.45, 2.75) is 6.92 Å². The first-order valence-electron chi connectivity index (χ1n) is 8.03. The van der Waals surface area contributed by atoms with Crippen molar-refractivity contribution in [1.82, 2.24) is 0 Å². The van der Waals surface area contributed by atoms with Crippen LogP contribution in [0.3, 0.4) is 0 Å². The average molecular weight is 317 g/mol. The molecule has 0 N–H and O–H groups in total. The van der Waals surface area contributed by atoms with Gasteiger partial charge in [-0.05, 0) is 17.7 Å². The Bertz CT molecular complexity index is 864. The molecule has 3 aromatic rings. The molecule has 3 nitrogen and oxygen atoms in total. The van der Waals surface area contributed by atoms with E-state index in [9.17, 15) is 4.79 Å². The molecule has 0 aromatic heterocycles. The Morgan fingerprint density at radius 1 is 0.917 bits per heavy atom. The van der Waals surface area contributed by atoms with E-state index >= 15 is 0 Å². The molecule has 0 aliphatic rings. The standard InChI is InChI=1S/C21H19NO2/c1-2-24-20(23)15-22-21(17-10-4-3-5-11-17)19-14-8-12-16-9-6-7-13-18(16)19/h3-14H,2,15H2,1H3. The first kappa shape index (κ1) is 15.9. The average Bonchev–Trinajstić information content (AvgIpc) is 2.63. The Kier molecular flexibility index (Phi) is 5.02. The number of fused-ring (bicyclic) bond motifs is 1. The lowest BCUT2D eigenvalue weighted by Crippen LogP contribution is -2.12. The van der Waals surface area contributed by atoms with Gasteiger partial charge in [0.1, 0.15) is 6.54 Å². The van der Waals surface area contributed by atoms with Crippen molar-refractivity contribution in [1.29, 1.82) is 0 Å². The summed E-state index contributed by atoms with van der Waals surface area (Å²) in [4.78, 5) is 16.3. The van der Waals surface area contributed by atoms with E-state index < -0.39 is 0 Å². The molecule has 3 heteroatoms. The zero-order valence-corrected chi connectivity index (χ0v) is 13.6. The third-order valence-corrected chi connectivity index (χ3v) is 3.76. The molecule has 0 radical (unpaired) electrons. The van der Waals surface area contributed by atoms with Crippen molar-refractivity contribution in [3.05, 3.63) is 83.9 Å². The molecule has 3 aromatic carbocycles. The summed E-state index contributed by atoms with van der Waals surface area (Å²) in [7, 11) is 0. The molecule has 0 atom stereocenters. The first-order chi connectivity index (χ1) is 11.8. The van der Waals surface area contributed by atoms with Crippen molar-refractivity contribution >= 4 is 22.5 Å². The monoisotopic (exact) mass is 317 g/mol. The van der Waals surface area contributed by atoms with Crippen LogP contribution < -0.4 is 0 Å². The van der Waals surface area contributed by atoms with E-state index in [0.717, 1.165) is 27.6 Å². The zero-order chi connectivity index (χ0) is 16.8. The van der Waals surface area contributed by atoms with Crippen LogP contribution in [0.1, 0.15) is 18.1 Å². The smallest absolute Gasteiger partial charge is 0.327 e. The summed E-state index contributed by atoms with van der Waals surface area (Å²) < 4.78 is 5.01. The van der Waals surface area contributed by atoms with Crippen LogP contribution in [-0.4, -0.2) is 24.8 Å². The van der Waals surface area contributed by atoms with Gasteiger partial charge in [-0.15, -0.1) is 0 Å². The fourth-order valence-electron chi connectivity index (χ4n) is 2.71. The summed E-state index contributed by atoms with van der Waals surface area (Å²) in [6.45, 7) is 2.18. The molecule has 0 amide bonds. The van der Waals surface area contributed by atoms with Gasteiger partial charge in [0.15, 0.2) is 0 Å². The molecule has 0 saturated heterocycles. The number of esters is 1. The van der Waals surface area contributed by atoms with Gasteiger partial charge in [0.2, 0.25) is 0 Å². The minimum absolute atomic E-state index is 0.0152. The molecular weight excluding hydrogens is 298 g/mol. The summed E-state index contributed by atoms with van der Waals surface area (Å²) >= 11 is 0. The molecule has 0 unspecified atom stereocenters. The SMILES string of the molecule is CCOC(=O)CN=C(c1ccccc1)c1cccc2ccccc12. The number of benzene rings is 3. The second-order valence-electron chi connectivity index (χ2n) is 5.36. The minimum atomic E-state index is -0.314. The van der Waals surface area contributed by atoms with E-state index in [2.05, 4.69) is 23.2 Å². The molecule has 0 spiro atoms. The topological polar surface area (TPSA) is 38.7 Å². The maximum Gasteiger partial charge on any atom is 0.327 e. The van der Waals surface area contributed by atoms with Gasteiger partial charge >= 0.3 is 5.97 Å². The van der Waals surface area contributed by atoms with Crippen LogP contribution in [0.5, 0.6) is 0 Å². The molecule has 3 rings (SSSR count). The number of rotatable bonds is 5. The lowest BCUT2D eigenvalue weighted by Gasteiger charge is -2.11. The van der Waals surface area contributed by atoms with Crippen LogP contribution in [0.25, 0.3) is 10.8 Å². The van der Waals surface area contributed by atoms with Crippen molar-refractivity contribution in [3.8, 4) is 0 Å². The van der Waals surface area contributed by atoms with Gasteiger partial charge in [-0.25, -0.2) is 0 Å². The highest BCUT2D eigenvalue weighted by molar-refractivity contribution is 6.19. The molecule has 0 heterocycles. The Morgan fingerprint density at radius 3 is 2.42 bits per heavy atom. The molecule has 120 valence electrons. The molecule has 0 aliphatic carbocycles. The maximum absolute atomic E-state index is 11.7. The lowest BCUT2D eigenvalue weighted by molar-refractivity contribution is -0.141. The lowest BCUT2D eigenvalue weighted by atomic mass is 9.96. The van der Waals surface area contributed by atoms with Crippen molar-refractivity contribution < 1.29 is 9.53 Å². The van der Waals surface area contributed by atoms with Crippen molar-refractivity contribution in [2.24, 2.45) is 4.99 Å². The van der Waals surface area contributed by atoms with Gasteiger partial charge in [-0.3, -0.25) is 9.79 Å². The molecular formula is C21H19NO2. The van der Waals surface area contributed by atoms with Gasteiger partial charge in [0, 0.05) is 11.1 Å². The summed E-state index contributed by atoms with van der Waals surface area (Å²) in [6.07, 6.45) is 0. The number of carbonyl (C=O) groups excluding carboxylic acids is 1. The van der Waals surface area contributed by atoms with Crippen LogP contribution in [-0.2, 0) is 9.53 Å². The highest BCUT2D eigenvalue weighted by Gasteiger charge is 2.11. The van der Waals surface area contributed by atoms with Gasteiger partial charge in [0.25, 0.3) is 0 Å². The zero-order valence-electron chi connectivity index (χ0n) is 13.6. The maximum atomic E-state index is 11.7. The number of ether oxygens (including phenoxy) is 1. The van der Waals surface area contributed by atoms with E-state index in [1.54, 1.807) is 6.92 Å². The molecule has 0 saturated carbocycles. The van der Waals surface area contributed by atoms with Gasteiger partial charge in [-0.2, -0.15) is 0 Å². The van der Waals surface area contributed by atoms with E-state index in [0.29, 0.717) is 6.61 Å². The predicted octanol–water partition coefficient (Wildman–Crippen LogP) is 4.24. The van der Waals surface area contributed by atoms with Crippen molar-refractivity contribution in [2.75, 3.05) is 13.2 Å². The second kappa shape index (κ2) is 7.55. The van der Waals surface area contributed by atoms with E-state index in [4.69, 9.17) is 4.74 Å². The van der Waals surface area contributed by atoms with Crippen molar-refractivity contribution in [3.63, 3.8) is 0 Å². The highest BCUT2D eigenvalue weighted by atomic mass is 16.5. The minimum Gasteiger partial charge on any atom is -0.465 e. The normalized spacial score (nSPS) is 11.5. The van der Waals surface area contributed by atoms with Crippen LogP contribution in [0.2, 0.25) is 0 Å². The van der Waals surface area contributed by atoms with Crippen LogP contribution in [0.4, 0.5) is 0 Å². The fraction of sp³-hybridized carbons (Fsp3) is 0.143.